The first-order chi connectivity index (χ1) is 13.2. The van der Waals surface area contributed by atoms with Crippen LogP contribution in [0.1, 0.15) is 15.9 Å². The number of carbonyl (C=O) groups is 1. The normalized spacial score (nSPS) is 10.3. The zero-order valence-corrected chi connectivity index (χ0v) is 15.0. The van der Waals surface area contributed by atoms with Gasteiger partial charge in [-0.05, 0) is 29.8 Å². The van der Waals surface area contributed by atoms with Crippen molar-refractivity contribution in [2.75, 3.05) is 19.0 Å². The van der Waals surface area contributed by atoms with E-state index < -0.39 is 5.91 Å². The lowest BCUT2D eigenvalue weighted by atomic mass is 10.1. The number of para-hydroxylation sites is 1. The Morgan fingerprint density at radius 1 is 1.00 bits per heavy atom. The summed E-state index contributed by atoms with van der Waals surface area (Å²) in [4.78, 5) is 12.4. The topological polar surface area (TPSA) is 67.8 Å². The number of ether oxygens (including phenoxy) is 2. The number of aromatic hydroxyl groups is 1. The van der Waals surface area contributed by atoms with E-state index in [4.69, 9.17) is 9.47 Å². The molecule has 0 aliphatic heterocycles. The zero-order chi connectivity index (χ0) is 19.1. The fourth-order valence-electron chi connectivity index (χ4n) is 2.66. The monoisotopic (exact) mass is 363 g/mol. The quantitative estimate of drug-likeness (QED) is 0.658. The van der Waals surface area contributed by atoms with Crippen LogP contribution in [0.2, 0.25) is 0 Å². The molecule has 5 heteroatoms. The number of nitrogens with one attached hydrogen (secondary N) is 1. The Balaban J connectivity index is 1.63. The van der Waals surface area contributed by atoms with Gasteiger partial charge in [-0.25, -0.2) is 0 Å². The van der Waals surface area contributed by atoms with Crippen molar-refractivity contribution >= 4 is 11.6 Å². The minimum absolute atomic E-state index is 0.143. The fraction of sp³-hybridized carbons (Fsp3) is 0.136. The van der Waals surface area contributed by atoms with Crippen molar-refractivity contribution < 1.29 is 19.4 Å². The van der Waals surface area contributed by atoms with E-state index in [0.717, 1.165) is 6.42 Å². The number of phenolic OH excluding ortho intramolecular Hbond substituents is 1. The summed E-state index contributed by atoms with van der Waals surface area (Å²) < 4.78 is 10.8. The number of benzene rings is 3. The molecule has 0 unspecified atom stereocenters. The van der Waals surface area contributed by atoms with Gasteiger partial charge in [0.25, 0.3) is 5.91 Å². The highest BCUT2D eigenvalue weighted by atomic mass is 16.5. The van der Waals surface area contributed by atoms with Crippen LogP contribution >= 0.6 is 0 Å². The largest absolute Gasteiger partial charge is 0.504 e. The van der Waals surface area contributed by atoms with Crippen molar-refractivity contribution in [3.63, 3.8) is 0 Å². The first kappa shape index (κ1) is 18.3. The first-order valence-electron chi connectivity index (χ1n) is 8.61. The maximum atomic E-state index is 12.4. The van der Waals surface area contributed by atoms with Gasteiger partial charge in [-0.2, -0.15) is 0 Å². The molecule has 2 N–H and O–H groups in total. The molecule has 0 fully saturated rings. The average molecular weight is 363 g/mol. The molecule has 0 aromatic heterocycles. The molecule has 0 atom stereocenters. The summed E-state index contributed by atoms with van der Waals surface area (Å²) in [5, 5.41) is 12.9. The number of carbonyl (C=O) groups excluding carboxylic acids is 1. The van der Waals surface area contributed by atoms with Crippen LogP contribution < -0.4 is 14.8 Å². The van der Waals surface area contributed by atoms with Crippen molar-refractivity contribution in [2.45, 2.75) is 6.42 Å². The van der Waals surface area contributed by atoms with Crippen LogP contribution in [0.5, 0.6) is 17.2 Å². The van der Waals surface area contributed by atoms with Gasteiger partial charge < -0.3 is 19.9 Å². The van der Waals surface area contributed by atoms with E-state index in [9.17, 15) is 9.90 Å². The summed E-state index contributed by atoms with van der Waals surface area (Å²) in [5.41, 5.74) is 1.93. The Labute approximate surface area is 158 Å². The second-order valence-corrected chi connectivity index (χ2v) is 5.92. The average Bonchev–Trinajstić information content (AvgIpc) is 2.69. The molecule has 27 heavy (non-hydrogen) atoms. The molecule has 3 aromatic carbocycles. The highest BCUT2D eigenvalue weighted by Gasteiger charge is 2.15. The number of rotatable bonds is 7. The molecule has 0 bridgehead atoms. The molecular weight excluding hydrogens is 342 g/mol. The zero-order valence-electron chi connectivity index (χ0n) is 15.0. The first-order valence-corrected chi connectivity index (χ1v) is 8.61. The molecule has 0 saturated heterocycles. The summed E-state index contributed by atoms with van der Waals surface area (Å²) in [6.45, 7) is 0.540. The maximum Gasteiger partial charge on any atom is 0.259 e. The van der Waals surface area contributed by atoms with Crippen molar-refractivity contribution in [1.82, 2.24) is 0 Å². The third-order valence-electron chi connectivity index (χ3n) is 4.06. The Morgan fingerprint density at radius 2 is 1.78 bits per heavy atom. The predicted molar refractivity (Wildman–Crippen MR) is 105 cm³/mol. The van der Waals surface area contributed by atoms with E-state index >= 15 is 0 Å². The van der Waals surface area contributed by atoms with Crippen molar-refractivity contribution in [1.29, 1.82) is 0 Å². The van der Waals surface area contributed by atoms with Gasteiger partial charge in [0.2, 0.25) is 0 Å². The highest BCUT2D eigenvalue weighted by molar-refractivity contribution is 6.06. The summed E-state index contributed by atoms with van der Waals surface area (Å²) in [6, 6.07) is 22.0. The molecule has 0 aliphatic carbocycles. The van der Waals surface area contributed by atoms with E-state index in [1.54, 1.807) is 30.3 Å². The van der Waals surface area contributed by atoms with Gasteiger partial charge in [-0.3, -0.25) is 4.79 Å². The second kappa shape index (κ2) is 8.76. The Kier molecular flexibility index (Phi) is 5.94. The Hall–Kier alpha value is -3.47. The summed E-state index contributed by atoms with van der Waals surface area (Å²) in [5.74, 6) is 0.305. The molecule has 0 saturated carbocycles. The van der Waals surface area contributed by atoms with Crippen LogP contribution in [-0.4, -0.2) is 24.7 Å². The summed E-state index contributed by atoms with van der Waals surface area (Å²) in [7, 11) is 1.44. The lowest BCUT2D eigenvalue weighted by molar-refractivity contribution is 0.102. The second-order valence-electron chi connectivity index (χ2n) is 5.92. The molecule has 3 aromatic rings. The highest BCUT2D eigenvalue weighted by Crippen LogP contribution is 2.30. The number of phenols is 1. The molecule has 1 amide bonds. The van der Waals surface area contributed by atoms with Gasteiger partial charge in [0.05, 0.1) is 19.3 Å². The van der Waals surface area contributed by atoms with E-state index in [1.807, 2.05) is 24.3 Å². The fourth-order valence-corrected chi connectivity index (χ4v) is 2.66. The van der Waals surface area contributed by atoms with Gasteiger partial charge in [0.15, 0.2) is 11.5 Å². The Bertz CT molecular complexity index is 909. The van der Waals surface area contributed by atoms with Crippen molar-refractivity contribution in [3.05, 3.63) is 83.9 Å². The van der Waals surface area contributed by atoms with E-state index in [-0.39, 0.29) is 17.1 Å². The van der Waals surface area contributed by atoms with Crippen LogP contribution in [0.4, 0.5) is 5.69 Å². The van der Waals surface area contributed by atoms with Crippen molar-refractivity contribution in [3.8, 4) is 17.2 Å². The molecule has 138 valence electrons. The molecule has 0 aliphatic rings. The molecule has 3 rings (SSSR count). The third-order valence-corrected chi connectivity index (χ3v) is 4.06. The maximum absolute atomic E-state index is 12.4. The lowest BCUT2D eigenvalue weighted by Gasteiger charge is -2.11. The smallest absolute Gasteiger partial charge is 0.259 e. The molecule has 0 radical (unpaired) electrons. The Morgan fingerprint density at radius 3 is 2.56 bits per heavy atom. The summed E-state index contributed by atoms with van der Waals surface area (Å²) in [6.07, 6.45) is 0.801. The molecule has 5 nitrogen and oxygen atoms in total. The lowest BCUT2D eigenvalue weighted by Crippen LogP contribution is -2.12. The number of anilines is 1. The van der Waals surface area contributed by atoms with Gasteiger partial charge in [0, 0.05) is 18.2 Å². The van der Waals surface area contributed by atoms with Crippen molar-refractivity contribution in [2.24, 2.45) is 0 Å². The van der Waals surface area contributed by atoms with Crippen LogP contribution in [-0.2, 0) is 6.42 Å². The number of methoxy groups -OCH3 is 1. The molecular formula is C22H21NO4. The van der Waals surface area contributed by atoms with Gasteiger partial charge in [-0.1, -0.05) is 42.5 Å². The van der Waals surface area contributed by atoms with Gasteiger partial charge >= 0.3 is 0 Å². The minimum atomic E-state index is -0.423. The standard InChI is InChI=1S/C22H21NO4/c1-26-20-12-6-11-19(21(20)24)22(25)23-17-9-5-10-18(15-17)27-14-13-16-7-3-2-4-8-16/h2-12,15,24H,13-14H2,1H3,(H,23,25). The number of amides is 1. The molecule has 0 heterocycles. The van der Waals surface area contributed by atoms with Crippen LogP contribution in [0.25, 0.3) is 0 Å². The van der Waals surface area contributed by atoms with Gasteiger partial charge in [-0.15, -0.1) is 0 Å². The van der Waals surface area contributed by atoms with E-state index in [2.05, 4.69) is 17.4 Å². The number of hydrogen-bond acceptors (Lipinski definition) is 4. The third kappa shape index (κ3) is 4.79. The number of hydrogen-bond donors (Lipinski definition) is 2. The minimum Gasteiger partial charge on any atom is -0.504 e. The van der Waals surface area contributed by atoms with E-state index in [1.165, 1.54) is 18.7 Å². The molecule has 0 spiro atoms. The van der Waals surface area contributed by atoms with E-state index in [0.29, 0.717) is 18.0 Å². The van der Waals surface area contributed by atoms with Crippen LogP contribution in [0.3, 0.4) is 0 Å². The SMILES string of the molecule is COc1cccc(C(=O)Nc2cccc(OCCc3ccccc3)c2)c1O. The summed E-state index contributed by atoms with van der Waals surface area (Å²) >= 11 is 0. The van der Waals surface area contributed by atoms with Gasteiger partial charge in [0.1, 0.15) is 5.75 Å². The van der Waals surface area contributed by atoms with Crippen LogP contribution in [0.15, 0.2) is 72.8 Å². The van der Waals surface area contributed by atoms with Crippen LogP contribution in [0, 0.1) is 0 Å². The predicted octanol–water partition coefficient (Wildman–Crippen LogP) is 4.27.